The fourth-order valence-electron chi connectivity index (χ4n) is 0.811. The van der Waals surface area contributed by atoms with Crippen LogP contribution in [0.4, 0.5) is 0 Å². The molecule has 0 aliphatic heterocycles. The standard InChI is InChI=1S/C9H9BrN2O/c1-2-4-12-9(13)7-3-5-11-8(10)6-7/h2-3,5-6H,1,4H2,(H,12,13). The molecule has 0 unspecified atom stereocenters. The van der Waals surface area contributed by atoms with Gasteiger partial charge in [-0.1, -0.05) is 6.08 Å². The van der Waals surface area contributed by atoms with Gasteiger partial charge in [0.25, 0.3) is 5.91 Å². The molecule has 1 aromatic rings. The summed E-state index contributed by atoms with van der Waals surface area (Å²) in [6.07, 6.45) is 3.21. The largest absolute Gasteiger partial charge is 0.349 e. The molecule has 1 aromatic heterocycles. The highest BCUT2D eigenvalue weighted by Crippen LogP contribution is 2.07. The van der Waals surface area contributed by atoms with Crippen molar-refractivity contribution < 1.29 is 4.79 Å². The minimum absolute atomic E-state index is 0.122. The van der Waals surface area contributed by atoms with Crippen molar-refractivity contribution in [3.05, 3.63) is 41.2 Å². The van der Waals surface area contributed by atoms with Gasteiger partial charge in [-0.25, -0.2) is 4.98 Å². The van der Waals surface area contributed by atoms with Crippen molar-refractivity contribution in [1.29, 1.82) is 0 Å². The third-order valence-electron chi connectivity index (χ3n) is 1.40. The summed E-state index contributed by atoms with van der Waals surface area (Å²) in [6.45, 7) is 3.98. The molecular weight excluding hydrogens is 232 g/mol. The highest BCUT2D eigenvalue weighted by molar-refractivity contribution is 9.10. The fraction of sp³-hybridized carbons (Fsp3) is 0.111. The van der Waals surface area contributed by atoms with Crippen molar-refractivity contribution >= 4 is 21.8 Å². The number of aromatic nitrogens is 1. The van der Waals surface area contributed by atoms with Gasteiger partial charge in [-0.3, -0.25) is 4.79 Å². The Labute approximate surface area is 85.0 Å². The van der Waals surface area contributed by atoms with Crippen molar-refractivity contribution in [1.82, 2.24) is 10.3 Å². The molecule has 3 nitrogen and oxygen atoms in total. The minimum atomic E-state index is -0.122. The van der Waals surface area contributed by atoms with Gasteiger partial charge in [0, 0.05) is 18.3 Å². The van der Waals surface area contributed by atoms with E-state index >= 15 is 0 Å². The van der Waals surface area contributed by atoms with E-state index in [1.54, 1.807) is 24.4 Å². The molecule has 0 atom stereocenters. The number of pyridine rings is 1. The van der Waals surface area contributed by atoms with E-state index < -0.39 is 0 Å². The van der Waals surface area contributed by atoms with Crippen LogP contribution >= 0.6 is 15.9 Å². The van der Waals surface area contributed by atoms with Crippen molar-refractivity contribution in [3.8, 4) is 0 Å². The molecule has 13 heavy (non-hydrogen) atoms. The quantitative estimate of drug-likeness (QED) is 0.647. The number of halogens is 1. The van der Waals surface area contributed by atoms with Crippen LogP contribution in [0.1, 0.15) is 10.4 Å². The van der Waals surface area contributed by atoms with Crippen LogP contribution < -0.4 is 5.32 Å². The predicted octanol–water partition coefficient (Wildman–Crippen LogP) is 1.76. The van der Waals surface area contributed by atoms with Crippen LogP contribution in [0.3, 0.4) is 0 Å². The Morgan fingerprint density at radius 2 is 2.54 bits per heavy atom. The Bertz CT molecular complexity index is 325. The number of nitrogens with zero attached hydrogens (tertiary/aromatic N) is 1. The SMILES string of the molecule is C=CCNC(=O)c1ccnc(Br)c1. The predicted molar refractivity (Wildman–Crippen MR) is 54.5 cm³/mol. The van der Waals surface area contributed by atoms with Crippen LogP contribution in [0.5, 0.6) is 0 Å². The van der Waals surface area contributed by atoms with Crippen LogP contribution in [0.25, 0.3) is 0 Å². The van der Waals surface area contributed by atoms with Crippen molar-refractivity contribution in [2.75, 3.05) is 6.54 Å². The van der Waals surface area contributed by atoms with Gasteiger partial charge in [0.2, 0.25) is 0 Å². The third kappa shape index (κ3) is 2.99. The molecular formula is C9H9BrN2O. The molecule has 1 rings (SSSR count). The van der Waals surface area contributed by atoms with E-state index in [0.717, 1.165) is 0 Å². The second-order valence-electron chi connectivity index (χ2n) is 2.37. The lowest BCUT2D eigenvalue weighted by atomic mass is 10.2. The monoisotopic (exact) mass is 240 g/mol. The normalized spacial score (nSPS) is 9.31. The highest BCUT2D eigenvalue weighted by atomic mass is 79.9. The maximum atomic E-state index is 11.3. The maximum absolute atomic E-state index is 11.3. The molecule has 68 valence electrons. The minimum Gasteiger partial charge on any atom is -0.349 e. The van der Waals surface area contributed by atoms with Gasteiger partial charge < -0.3 is 5.32 Å². The lowest BCUT2D eigenvalue weighted by Gasteiger charge is -2.01. The van der Waals surface area contributed by atoms with E-state index in [1.165, 1.54) is 0 Å². The summed E-state index contributed by atoms with van der Waals surface area (Å²) in [7, 11) is 0. The molecule has 0 aliphatic rings. The summed E-state index contributed by atoms with van der Waals surface area (Å²) in [5.41, 5.74) is 0.587. The van der Waals surface area contributed by atoms with Gasteiger partial charge in [0.05, 0.1) is 0 Å². The molecule has 0 fully saturated rings. The first kappa shape index (κ1) is 9.92. The first-order chi connectivity index (χ1) is 6.24. The number of rotatable bonds is 3. The zero-order valence-electron chi connectivity index (χ0n) is 6.96. The van der Waals surface area contributed by atoms with E-state index in [1.807, 2.05) is 0 Å². The smallest absolute Gasteiger partial charge is 0.251 e. The lowest BCUT2D eigenvalue weighted by Crippen LogP contribution is -2.23. The van der Waals surface area contributed by atoms with E-state index in [-0.39, 0.29) is 5.91 Å². The lowest BCUT2D eigenvalue weighted by molar-refractivity contribution is 0.0958. The third-order valence-corrected chi connectivity index (χ3v) is 1.83. The number of amides is 1. The average molecular weight is 241 g/mol. The number of carbonyl (C=O) groups excluding carboxylic acids is 1. The zero-order valence-corrected chi connectivity index (χ0v) is 8.54. The second-order valence-corrected chi connectivity index (χ2v) is 3.18. The molecule has 0 saturated heterocycles. The summed E-state index contributed by atoms with van der Waals surface area (Å²) in [4.78, 5) is 15.3. The van der Waals surface area contributed by atoms with Crippen LogP contribution in [0.2, 0.25) is 0 Å². The summed E-state index contributed by atoms with van der Waals surface area (Å²) in [5.74, 6) is -0.122. The van der Waals surface area contributed by atoms with Crippen LogP contribution in [0.15, 0.2) is 35.6 Å². The van der Waals surface area contributed by atoms with Crippen LogP contribution in [0, 0.1) is 0 Å². The van der Waals surface area contributed by atoms with Gasteiger partial charge in [-0.2, -0.15) is 0 Å². The average Bonchev–Trinajstić information content (AvgIpc) is 2.14. The number of hydrogen-bond donors (Lipinski definition) is 1. The first-order valence-electron chi connectivity index (χ1n) is 3.74. The van der Waals surface area contributed by atoms with Gasteiger partial charge in [-0.05, 0) is 28.1 Å². The summed E-state index contributed by atoms with van der Waals surface area (Å²) in [5, 5.41) is 2.67. The Balaban J connectivity index is 2.71. The van der Waals surface area contributed by atoms with Crippen molar-refractivity contribution in [2.45, 2.75) is 0 Å². The van der Waals surface area contributed by atoms with Gasteiger partial charge in [-0.15, -0.1) is 6.58 Å². The summed E-state index contributed by atoms with van der Waals surface area (Å²) in [6, 6.07) is 3.32. The fourth-order valence-corrected chi connectivity index (χ4v) is 1.18. The first-order valence-corrected chi connectivity index (χ1v) is 4.54. The number of hydrogen-bond acceptors (Lipinski definition) is 2. The maximum Gasteiger partial charge on any atom is 0.251 e. The molecule has 0 aromatic carbocycles. The van der Waals surface area contributed by atoms with Crippen molar-refractivity contribution in [2.24, 2.45) is 0 Å². The van der Waals surface area contributed by atoms with Gasteiger partial charge in [0.15, 0.2) is 0 Å². The molecule has 0 spiro atoms. The Morgan fingerprint density at radius 3 is 3.15 bits per heavy atom. The Morgan fingerprint density at radius 1 is 1.77 bits per heavy atom. The topological polar surface area (TPSA) is 42.0 Å². The van der Waals surface area contributed by atoms with Gasteiger partial charge >= 0.3 is 0 Å². The molecule has 0 aliphatic carbocycles. The van der Waals surface area contributed by atoms with Gasteiger partial charge in [0.1, 0.15) is 4.60 Å². The van der Waals surface area contributed by atoms with E-state index in [4.69, 9.17) is 0 Å². The molecule has 1 amide bonds. The van der Waals surface area contributed by atoms with E-state index in [2.05, 4.69) is 32.8 Å². The Hall–Kier alpha value is -1.16. The highest BCUT2D eigenvalue weighted by Gasteiger charge is 2.03. The zero-order chi connectivity index (χ0) is 9.68. The van der Waals surface area contributed by atoms with E-state index in [0.29, 0.717) is 16.7 Å². The number of nitrogens with one attached hydrogen (secondary N) is 1. The molecule has 0 bridgehead atoms. The molecule has 0 radical (unpaired) electrons. The summed E-state index contributed by atoms with van der Waals surface area (Å²) >= 11 is 3.19. The van der Waals surface area contributed by atoms with Crippen LogP contribution in [-0.4, -0.2) is 17.4 Å². The van der Waals surface area contributed by atoms with Crippen LogP contribution in [-0.2, 0) is 0 Å². The molecule has 0 saturated carbocycles. The molecule has 4 heteroatoms. The second kappa shape index (κ2) is 4.77. The van der Waals surface area contributed by atoms with E-state index in [9.17, 15) is 4.79 Å². The summed E-state index contributed by atoms with van der Waals surface area (Å²) < 4.78 is 0.652. The number of carbonyl (C=O) groups is 1. The van der Waals surface area contributed by atoms with Crippen molar-refractivity contribution in [3.63, 3.8) is 0 Å². The molecule has 1 N–H and O–H groups in total. The Kier molecular flexibility index (Phi) is 3.64. The molecule has 1 heterocycles.